The summed E-state index contributed by atoms with van der Waals surface area (Å²) in [5.41, 5.74) is 0.751. The van der Waals surface area contributed by atoms with E-state index in [1.165, 1.54) is 3.57 Å². The lowest BCUT2D eigenvalue weighted by Crippen LogP contribution is -1.81. The second-order valence-corrected chi connectivity index (χ2v) is 4.14. The average molecular weight is 355 g/mol. The Balaban J connectivity index is 3.23. The summed E-state index contributed by atoms with van der Waals surface area (Å²) in [6.45, 7) is 0. The normalized spacial score (nSPS) is 8.90. The van der Waals surface area contributed by atoms with Crippen LogP contribution in [0.1, 0.15) is 5.56 Å². The minimum atomic E-state index is 0.751. The standard InChI is InChI=1S/C7H3I2N/c8-6-2-1-5(4-10)7(9)3-6/h1-3H. The van der Waals surface area contributed by atoms with Crippen LogP contribution in [0.5, 0.6) is 0 Å². The summed E-state index contributed by atoms with van der Waals surface area (Å²) in [6.07, 6.45) is 0. The highest BCUT2D eigenvalue weighted by molar-refractivity contribution is 14.1. The minimum absolute atomic E-state index is 0.751. The summed E-state index contributed by atoms with van der Waals surface area (Å²) < 4.78 is 2.19. The molecule has 0 amide bonds. The van der Waals surface area contributed by atoms with E-state index < -0.39 is 0 Å². The molecule has 1 rings (SSSR count). The molecule has 10 heavy (non-hydrogen) atoms. The molecule has 0 saturated heterocycles. The van der Waals surface area contributed by atoms with Gasteiger partial charge in [0.05, 0.1) is 5.56 Å². The third-order valence-corrected chi connectivity index (χ3v) is 2.62. The van der Waals surface area contributed by atoms with Crippen molar-refractivity contribution in [1.29, 1.82) is 5.26 Å². The SMILES string of the molecule is N#Cc1ccc(I)cc1I. The van der Waals surface area contributed by atoms with Crippen molar-refractivity contribution in [3.05, 3.63) is 30.9 Å². The highest BCUT2D eigenvalue weighted by atomic mass is 127. The molecule has 0 aromatic heterocycles. The Bertz CT molecular complexity index is 288. The smallest absolute Gasteiger partial charge is 0.100 e. The second-order valence-electron chi connectivity index (χ2n) is 1.74. The van der Waals surface area contributed by atoms with E-state index in [0.717, 1.165) is 9.13 Å². The fourth-order valence-electron chi connectivity index (χ4n) is 0.580. The maximum absolute atomic E-state index is 8.55. The predicted molar refractivity (Wildman–Crippen MR) is 56.6 cm³/mol. The monoisotopic (exact) mass is 355 g/mol. The van der Waals surface area contributed by atoms with Crippen molar-refractivity contribution in [1.82, 2.24) is 0 Å². The molecule has 0 atom stereocenters. The van der Waals surface area contributed by atoms with Crippen LogP contribution in [0, 0.1) is 18.5 Å². The highest BCUT2D eigenvalue weighted by Crippen LogP contribution is 2.14. The van der Waals surface area contributed by atoms with Gasteiger partial charge in [0.2, 0.25) is 0 Å². The molecular formula is C7H3I2N. The second kappa shape index (κ2) is 3.53. The van der Waals surface area contributed by atoms with E-state index in [4.69, 9.17) is 5.26 Å². The van der Waals surface area contributed by atoms with Gasteiger partial charge < -0.3 is 0 Å². The largest absolute Gasteiger partial charge is 0.192 e. The van der Waals surface area contributed by atoms with Crippen LogP contribution in [0.15, 0.2) is 18.2 Å². The summed E-state index contributed by atoms with van der Waals surface area (Å²) in [6, 6.07) is 7.87. The Morgan fingerprint density at radius 1 is 1.30 bits per heavy atom. The molecule has 0 saturated carbocycles. The zero-order chi connectivity index (χ0) is 7.56. The third kappa shape index (κ3) is 1.83. The summed E-state index contributed by atoms with van der Waals surface area (Å²) >= 11 is 4.38. The van der Waals surface area contributed by atoms with Crippen LogP contribution >= 0.6 is 45.2 Å². The summed E-state index contributed by atoms with van der Waals surface area (Å²) in [5, 5.41) is 8.55. The zero-order valence-electron chi connectivity index (χ0n) is 4.94. The molecule has 1 nitrogen and oxygen atoms in total. The first-order valence-corrected chi connectivity index (χ1v) is 4.75. The maximum Gasteiger partial charge on any atom is 0.100 e. The van der Waals surface area contributed by atoms with Crippen molar-refractivity contribution in [2.75, 3.05) is 0 Å². The summed E-state index contributed by atoms with van der Waals surface area (Å²) in [4.78, 5) is 0. The van der Waals surface area contributed by atoms with Crippen LogP contribution in [0.25, 0.3) is 0 Å². The van der Waals surface area contributed by atoms with Crippen molar-refractivity contribution in [2.45, 2.75) is 0 Å². The molecule has 0 aliphatic carbocycles. The van der Waals surface area contributed by atoms with E-state index in [1.807, 2.05) is 18.2 Å². The first-order chi connectivity index (χ1) is 4.74. The van der Waals surface area contributed by atoms with Crippen molar-refractivity contribution < 1.29 is 0 Å². The number of benzene rings is 1. The van der Waals surface area contributed by atoms with Gasteiger partial charge in [-0.1, -0.05) is 0 Å². The van der Waals surface area contributed by atoms with Crippen LogP contribution < -0.4 is 0 Å². The van der Waals surface area contributed by atoms with Gasteiger partial charge >= 0.3 is 0 Å². The van der Waals surface area contributed by atoms with Crippen LogP contribution in [0.4, 0.5) is 0 Å². The van der Waals surface area contributed by atoms with E-state index >= 15 is 0 Å². The quantitative estimate of drug-likeness (QED) is 0.657. The third-order valence-electron chi connectivity index (χ3n) is 1.05. The molecule has 0 aliphatic heterocycles. The lowest BCUT2D eigenvalue weighted by molar-refractivity contribution is 1.45. The van der Waals surface area contributed by atoms with Crippen molar-refractivity contribution >= 4 is 45.2 Å². The minimum Gasteiger partial charge on any atom is -0.192 e. The van der Waals surface area contributed by atoms with E-state index in [-0.39, 0.29) is 0 Å². The molecule has 0 heterocycles. The molecule has 0 N–H and O–H groups in total. The van der Waals surface area contributed by atoms with Gasteiger partial charge in [-0.15, -0.1) is 0 Å². The molecule has 1 aromatic carbocycles. The number of nitriles is 1. The first kappa shape index (κ1) is 8.27. The van der Waals surface area contributed by atoms with E-state index in [0.29, 0.717) is 0 Å². The molecule has 1 aromatic rings. The topological polar surface area (TPSA) is 23.8 Å². The van der Waals surface area contributed by atoms with Gasteiger partial charge in [0.25, 0.3) is 0 Å². The fraction of sp³-hybridized carbons (Fsp3) is 0. The number of hydrogen-bond donors (Lipinski definition) is 0. The van der Waals surface area contributed by atoms with Gasteiger partial charge in [0.1, 0.15) is 6.07 Å². The Morgan fingerprint density at radius 2 is 2.00 bits per heavy atom. The molecule has 0 radical (unpaired) electrons. The fourth-order valence-corrected chi connectivity index (χ4v) is 2.30. The average Bonchev–Trinajstić information content (AvgIpc) is 1.88. The molecule has 0 aliphatic rings. The van der Waals surface area contributed by atoms with Crippen LogP contribution in [0.2, 0.25) is 0 Å². The number of nitrogens with zero attached hydrogens (tertiary/aromatic N) is 1. The summed E-state index contributed by atoms with van der Waals surface area (Å²) in [7, 11) is 0. The predicted octanol–water partition coefficient (Wildman–Crippen LogP) is 2.77. The number of rotatable bonds is 0. The molecule has 0 fully saturated rings. The molecule has 0 unspecified atom stereocenters. The van der Waals surface area contributed by atoms with Gasteiger partial charge in [0, 0.05) is 7.14 Å². The number of hydrogen-bond acceptors (Lipinski definition) is 1. The zero-order valence-corrected chi connectivity index (χ0v) is 9.25. The molecule has 0 bridgehead atoms. The first-order valence-electron chi connectivity index (χ1n) is 2.59. The Kier molecular flexibility index (Phi) is 2.92. The highest BCUT2D eigenvalue weighted by Gasteiger charge is 1.96. The van der Waals surface area contributed by atoms with Crippen LogP contribution in [-0.4, -0.2) is 0 Å². The van der Waals surface area contributed by atoms with Gasteiger partial charge in [-0.3, -0.25) is 0 Å². The van der Waals surface area contributed by atoms with Gasteiger partial charge in [-0.05, 0) is 63.4 Å². The van der Waals surface area contributed by atoms with E-state index in [9.17, 15) is 0 Å². The van der Waals surface area contributed by atoms with Crippen molar-refractivity contribution in [3.8, 4) is 6.07 Å². The van der Waals surface area contributed by atoms with Gasteiger partial charge in [-0.2, -0.15) is 5.26 Å². The molecular weight excluding hydrogens is 352 g/mol. The number of halogens is 2. The van der Waals surface area contributed by atoms with Gasteiger partial charge in [-0.25, -0.2) is 0 Å². The van der Waals surface area contributed by atoms with Crippen molar-refractivity contribution in [2.24, 2.45) is 0 Å². The van der Waals surface area contributed by atoms with Crippen LogP contribution in [0.3, 0.4) is 0 Å². The maximum atomic E-state index is 8.55. The van der Waals surface area contributed by atoms with Crippen LogP contribution in [-0.2, 0) is 0 Å². The lowest BCUT2D eigenvalue weighted by Gasteiger charge is -1.93. The Morgan fingerprint density at radius 3 is 2.50 bits per heavy atom. The molecule has 50 valence electrons. The van der Waals surface area contributed by atoms with Crippen molar-refractivity contribution in [3.63, 3.8) is 0 Å². The molecule has 3 heteroatoms. The molecule has 0 spiro atoms. The Hall–Kier alpha value is 0.170. The van der Waals surface area contributed by atoms with E-state index in [1.54, 1.807) is 0 Å². The van der Waals surface area contributed by atoms with E-state index in [2.05, 4.69) is 51.3 Å². The van der Waals surface area contributed by atoms with Gasteiger partial charge in [0.15, 0.2) is 0 Å². The Labute approximate surface area is 86.7 Å². The summed E-state index contributed by atoms with van der Waals surface area (Å²) in [5.74, 6) is 0. The lowest BCUT2D eigenvalue weighted by atomic mass is 10.2.